The first-order valence-corrected chi connectivity index (χ1v) is 4.32. The second kappa shape index (κ2) is 3.88. The van der Waals surface area contributed by atoms with E-state index in [1.807, 2.05) is 6.92 Å². The van der Waals surface area contributed by atoms with Crippen molar-refractivity contribution in [3.05, 3.63) is 34.1 Å². The van der Waals surface area contributed by atoms with E-state index in [4.69, 9.17) is 11.6 Å². The van der Waals surface area contributed by atoms with Crippen LogP contribution in [-0.2, 0) is 11.2 Å². The van der Waals surface area contributed by atoms with E-state index in [0.29, 0.717) is 5.56 Å². The molecule has 0 aromatic heterocycles. The zero-order chi connectivity index (χ0) is 10.0. The number of benzene rings is 1. The molecule has 0 amide bonds. The number of ketones is 1. The molecule has 13 heavy (non-hydrogen) atoms. The monoisotopic (exact) mass is 200 g/mol. The van der Waals surface area contributed by atoms with Gasteiger partial charge in [0.15, 0.2) is 0 Å². The molecule has 0 saturated heterocycles. The maximum Gasteiger partial charge on any atom is 0.142 e. The highest BCUT2D eigenvalue weighted by Gasteiger charge is 2.06. The van der Waals surface area contributed by atoms with Gasteiger partial charge in [0.2, 0.25) is 0 Å². The zero-order valence-electron chi connectivity index (χ0n) is 7.53. The fourth-order valence-electron chi connectivity index (χ4n) is 1.15. The van der Waals surface area contributed by atoms with Gasteiger partial charge in [-0.2, -0.15) is 0 Å². The zero-order valence-corrected chi connectivity index (χ0v) is 8.28. The lowest BCUT2D eigenvalue weighted by molar-refractivity contribution is -0.116. The summed E-state index contributed by atoms with van der Waals surface area (Å²) < 4.78 is 13.0. The molecule has 0 aliphatic heterocycles. The molecular weight excluding hydrogens is 191 g/mol. The van der Waals surface area contributed by atoms with Gasteiger partial charge in [0.05, 0.1) is 5.02 Å². The second-order valence-electron chi connectivity index (χ2n) is 3.07. The first-order valence-electron chi connectivity index (χ1n) is 3.94. The number of Topliss-reactive ketones (excluding diaryl/α,β-unsaturated/α-hetero) is 1. The van der Waals surface area contributed by atoms with E-state index >= 15 is 0 Å². The Morgan fingerprint density at radius 1 is 1.54 bits per heavy atom. The van der Waals surface area contributed by atoms with Gasteiger partial charge < -0.3 is 0 Å². The molecule has 0 N–H and O–H groups in total. The Balaban J connectivity index is 3.08. The molecule has 0 aliphatic carbocycles. The minimum Gasteiger partial charge on any atom is -0.300 e. The van der Waals surface area contributed by atoms with Crippen LogP contribution in [0.2, 0.25) is 5.02 Å². The van der Waals surface area contributed by atoms with E-state index in [1.54, 1.807) is 0 Å². The van der Waals surface area contributed by atoms with Crippen molar-refractivity contribution in [1.82, 2.24) is 0 Å². The van der Waals surface area contributed by atoms with Gasteiger partial charge in [-0.15, -0.1) is 0 Å². The van der Waals surface area contributed by atoms with Crippen molar-refractivity contribution in [1.29, 1.82) is 0 Å². The lowest BCUT2D eigenvalue weighted by atomic mass is 10.0. The third kappa shape index (κ3) is 2.52. The Morgan fingerprint density at radius 3 is 2.69 bits per heavy atom. The average Bonchev–Trinajstić information content (AvgIpc) is 1.99. The fraction of sp³-hybridized carbons (Fsp3) is 0.300. The van der Waals surface area contributed by atoms with Crippen molar-refractivity contribution in [2.24, 2.45) is 0 Å². The molecule has 0 unspecified atom stereocenters. The van der Waals surface area contributed by atoms with Gasteiger partial charge in [-0.25, -0.2) is 4.39 Å². The molecule has 1 aromatic rings. The van der Waals surface area contributed by atoms with Crippen LogP contribution in [0.1, 0.15) is 18.1 Å². The summed E-state index contributed by atoms with van der Waals surface area (Å²) in [5.41, 5.74) is 1.55. The number of aryl methyl sites for hydroxylation is 1. The molecule has 3 heteroatoms. The Morgan fingerprint density at radius 2 is 2.15 bits per heavy atom. The molecule has 1 nitrogen and oxygen atoms in total. The number of hydrogen-bond acceptors (Lipinski definition) is 1. The number of halogens is 2. The molecule has 0 radical (unpaired) electrons. The van der Waals surface area contributed by atoms with Crippen LogP contribution in [0.15, 0.2) is 12.1 Å². The average molecular weight is 201 g/mol. The predicted molar refractivity (Wildman–Crippen MR) is 50.5 cm³/mol. The first kappa shape index (κ1) is 10.2. The molecule has 0 bridgehead atoms. The topological polar surface area (TPSA) is 17.1 Å². The summed E-state index contributed by atoms with van der Waals surface area (Å²) in [4.78, 5) is 10.8. The standard InChI is InChI=1S/C10H10ClFO/c1-6-3-9(11)10(12)5-8(6)4-7(2)13/h3,5H,4H2,1-2H3. The Kier molecular flexibility index (Phi) is 3.04. The van der Waals surface area contributed by atoms with Gasteiger partial charge in [-0.05, 0) is 37.1 Å². The minimum atomic E-state index is -0.469. The quantitative estimate of drug-likeness (QED) is 0.718. The van der Waals surface area contributed by atoms with Crippen LogP contribution >= 0.6 is 11.6 Å². The fourth-order valence-corrected chi connectivity index (χ4v) is 1.36. The third-order valence-electron chi connectivity index (χ3n) is 1.82. The molecular formula is C10H10ClFO. The number of hydrogen-bond donors (Lipinski definition) is 0. The normalized spacial score (nSPS) is 10.2. The van der Waals surface area contributed by atoms with Crippen molar-refractivity contribution in [2.45, 2.75) is 20.3 Å². The highest BCUT2D eigenvalue weighted by molar-refractivity contribution is 6.30. The van der Waals surface area contributed by atoms with Crippen molar-refractivity contribution >= 4 is 17.4 Å². The van der Waals surface area contributed by atoms with Crippen LogP contribution in [0, 0.1) is 12.7 Å². The van der Waals surface area contributed by atoms with Gasteiger partial charge in [0.1, 0.15) is 11.6 Å². The molecule has 0 atom stereocenters. The number of rotatable bonds is 2. The Labute approximate surface area is 81.5 Å². The summed E-state index contributed by atoms with van der Waals surface area (Å²) in [7, 11) is 0. The van der Waals surface area contributed by atoms with Gasteiger partial charge >= 0.3 is 0 Å². The van der Waals surface area contributed by atoms with E-state index < -0.39 is 5.82 Å². The van der Waals surface area contributed by atoms with E-state index in [0.717, 1.165) is 5.56 Å². The minimum absolute atomic E-state index is 0.0184. The summed E-state index contributed by atoms with van der Waals surface area (Å²) >= 11 is 5.56. The summed E-state index contributed by atoms with van der Waals surface area (Å²) in [6, 6.07) is 2.86. The maximum absolute atomic E-state index is 13.0. The van der Waals surface area contributed by atoms with Gasteiger partial charge in [0.25, 0.3) is 0 Å². The van der Waals surface area contributed by atoms with Crippen LogP contribution in [0.25, 0.3) is 0 Å². The second-order valence-corrected chi connectivity index (χ2v) is 3.48. The van der Waals surface area contributed by atoms with E-state index in [9.17, 15) is 9.18 Å². The van der Waals surface area contributed by atoms with Gasteiger partial charge in [-0.1, -0.05) is 11.6 Å². The van der Waals surface area contributed by atoms with Gasteiger partial charge in [-0.3, -0.25) is 4.79 Å². The molecule has 0 aliphatic rings. The first-order chi connectivity index (χ1) is 6.00. The third-order valence-corrected chi connectivity index (χ3v) is 2.11. The predicted octanol–water partition coefficient (Wildman–Crippen LogP) is 2.92. The van der Waals surface area contributed by atoms with Crippen LogP contribution in [0.3, 0.4) is 0 Å². The molecule has 0 heterocycles. The van der Waals surface area contributed by atoms with Crippen molar-refractivity contribution < 1.29 is 9.18 Å². The molecule has 0 fully saturated rings. The highest BCUT2D eigenvalue weighted by Crippen LogP contribution is 2.20. The summed E-state index contributed by atoms with van der Waals surface area (Å²) in [6.45, 7) is 3.29. The van der Waals surface area contributed by atoms with Crippen LogP contribution in [0.4, 0.5) is 4.39 Å². The molecule has 1 aromatic carbocycles. The van der Waals surface area contributed by atoms with Crippen molar-refractivity contribution in [3.8, 4) is 0 Å². The van der Waals surface area contributed by atoms with Crippen molar-refractivity contribution in [2.75, 3.05) is 0 Å². The van der Waals surface area contributed by atoms with Gasteiger partial charge in [0, 0.05) is 6.42 Å². The van der Waals surface area contributed by atoms with E-state index in [-0.39, 0.29) is 17.2 Å². The van der Waals surface area contributed by atoms with Crippen LogP contribution < -0.4 is 0 Å². The van der Waals surface area contributed by atoms with Crippen LogP contribution in [-0.4, -0.2) is 5.78 Å². The van der Waals surface area contributed by atoms with E-state index in [1.165, 1.54) is 19.1 Å². The summed E-state index contributed by atoms with van der Waals surface area (Å²) in [5, 5.41) is 0.102. The smallest absolute Gasteiger partial charge is 0.142 e. The summed E-state index contributed by atoms with van der Waals surface area (Å²) in [5.74, 6) is -0.451. The summed E-state index contributed by atoms with van der Waals surface area (Å²) in [6.07, 6.45) is 0.264. The van der Waals surface area contributed by atoms with Crippen molar-refractivity contribution in [3.63, 3.8) is 0 Å². The lowest BCUT2D eigenvalue weighted by Crippen LogP contribution is -1.99. The molecule has 0 saturated carbocycles. The molecule has 70 valence electrons. The lowest BCUT2D eigenvalue weighted by Gasteiger charge is -2.04. The SMILES string of the molecule is CC(=O)Cc1cc(F)c(Cl)cc1C. The number of carbonyl (C=O) groups is 1. The maximum atomic E-state index is 13.0. The molecule has 1 rings (SSSR count). The largest absolute Gasteiger partial charge is 0.300 e. The Bertz CT molecular complexity index is 347. The molecule has 0 spiro atoms. The van der Waals surface area contributed by atoms with E-state index in [2.05, 4.69) is 0 Å². The number of carbonyl (C=O) groups excluding carboxylic acids is 1. The highest BCUT2D eigenvalue weighted by atomic mass is 35.5. The Hall–Kier alpha value is -0.890. The van der Waals surface area contributed by atoms with Crippen LogP contribution in [0.5, 0.6) is 0 Å².